The standard InChI is InChI=1S/C10H15F2NO2/c11-10(12)3-1-2-7-4-13(5-8(7)10)6-9(14)15/h7-8H,1-6H2,(H,14,15). The molecular formula is C10H15F2NO2. The molecule has 2 fully saturated rings. The number of fused-ring (bicyclic) bond motifs is 1. The number of likely N-dealkylation sites (tertiary alicyclic amines) is 1. The average molecular weight is 219 g/mol. The molecule has 0 aromatic rings. The van der Waals surface area contributed by atoms with Crippen LogP contribution in [0.1, 0.15) is 19.3 Å². The van der Waals surface area contributed by atoms with Crippen molar-refractivity contribution in [3.8, 4) is 0 Å². The van der Waals surface area contributed by atoms with Crippen LogP contribution in [0.15, 0.2) is 0 Å². The van der Waals surface area contributed by atoms with Gasteiger partial charge in [-0.1, -0.05) is 0 Å². The van der Waals surface area contributed by atoms with Gasteiger partial charge < -0.3 is 5.11 Å². The molecule has 1 saturated carbocycles. The number of carbonyl (C=O) groups is 1. The molecule has 86 valence electrons. The van der Waals surface area contributed by atoms with Gasteiger partial charge in [0.05, 0.1) is 6.54 Å². The second-order valence-corrected chi connectivity index (χ2v) is 4.61. The quantitative estimate of drug-likeness (QED) is 0.764. The summed E-state index contributed by atoms with van der Waals surface area (Å²) in [4.78, 5) is 12.1. The minimum Gasteiger partial charge on any atom is -0.480 e. The smallest absolute Gasteiger partial charge is 0.317 e. The SMILES string of the molecule is O=C(O)CN1CC2CCCC(F)(F)C2C1. The second kappa shape index (κ2) is 3.70. The summed E-state index contributed by atoms with van der Waals surface area (Å²) in [6, 6.07) is 0. The van der Waals surface area contributed by atoms with Gasteiger partial charge in [-0.15, -0.1) is 0 Å². The number of carboxylic acids is 1. The van der Waals surface area contributed by atoms with Crippen LogP contribution < -0.4 is 0 Å². The lowest BCUT2D eigenvalue weighted by molar-refractivity contribution is -0.138. The van der Waals surface area contributed by atoms with Crippen molar-refractivity contribution in [1.82, 2.24) is 4.90 Å². The van der Waals surface area contributed by atoms with E-state index in [-0.39, 0.29) is 25.4 Å². The lowest BCUT2D eigenvalue weighted by Crippen LogP contribution is -2.37. The minimum atomic E-state index is -2.59. The van der Waals surface area contributed by atoms with Gasteiger partial charge in [0.25, 0.3) is 5.92 Å². The van der Waals surface area contributed by atoms with Gasteiger partial charge in [0.15, 0.2) is 0 Å². The molecular weight excluding hydrogens is 204 g/mol. The maximum absolute atomic E-state index is 13.5. The Morgan fingerprint density at radius 1 is 1.47 bits per heavy atom. The number of carboxylic acid groups (broad SMARTS) is 1. The molecule has 1 saturated heterocycles. The van der Waals surface area contributed by atoms with Crippen LogP contribution >= 0.6 is 0 Å². The number of hydrogen-bond acceptors (Lipinski definition) is 2. The first kappa shape index (κ1) is 10.8. The van der Waals surface area contributed by atoms with Gasteiger partial charge in [0.1, 0.15) is 0 Å². The normalized spacial score (nSPS) is 35.1. The van der Waals surface area contributed by atoms with Gasteiger partial charge in [-0.2, -0.15) is 0 Å². The van der Waals surface area contributed by atoms with E-state index in [9.17, 15) is 13.6 Å². The number of alkyl halides is 2. The molecule has 1 aliphatic carbocycles. The fourth-order valence-electron chi connectivity index (χ4n) is 2.84. The molecule has 2 aliphatic rings. The van der Waals surface area contributed by atoms with Gasteiger partial charge in [0, 0.05) is 25.4 Å². The van der Waals surface area contributed by atoms with E-state index in [1.807, 2.05) is 0 Å². The number of nitrogens with zero attached hydrogens (tertiary/aromatic N) is 1. The Morgan fingerprint density at radius 2 is 2.20 bits per heavy atom. The van der Waals surface area contributed by atoms with Gasteiger partial charge in [-0.25, -0.2) is 8.78 Å². The van der Waals surface area contributed by atoms with E-state index in [4.69, 9.17) is 5.11 Å². The lowest BCUT2D eigenvalue weighted by Gasteiger charge is -2.32. The van der Waals surface area contributed by atoms with Crippen LogP contribution in [0.2, 0.25) is 0 Å². The van der Waals surface area contributed by atoms with Crippen molar-refractivity contribution in [2.24, 2.45) is 11.8 Å². The van der Waals surface area contributed by atoms with Crippen molar-refractivity contribution in [3.05, 3.63) is 0 Å². The maximum Gasteiger partial charge on any atom is 0.317 e. The Labute approximate surface area is 87.1 Å². The van der Waals surface area contributed by atoms with Gasteiger partial charge >= 0.3 is 5.97 Å². The number of aliphatic carboxylic acids is 1. The highest BCUT2D eigenvalue weighted by molar-refractivity contribution is 5.69. The van der Waals surface area contributed by atoms with Crippen LogP contribution in [0.5, 0.6) is 0 Å². The van der Waals surface area contributed by atoms with Gasteiger partial charge in [-0.05, 0) is 18.8 Å². The van der Waals surface area contributed by atoms with Crippen molar-refractivity contribution in [2.45, 2.75) is 25.2 Å². The molecule has 2 rings (SSSR count). The van der Waals surface area contributed by atoms with Gasteiger partial charge in [0.2, 0.25) is 0 Å². The maximum atomic E-state index is 13.5. The summed E-state index contributed by atoms with van der Waals surface area (Å²) in [5.41, 5.74) is 0. The topological polar surface area (TPSA) is 40.5 Å². The summed E-state index contributed by atoms with van der Waals surface area (Å²) in [6.07, 6.45) is 1.35. The summed E-state index contributed by atoms with van der Waals surface area (Å²) in [5, 5.41) is 8.61. The Morgan fingerprint density at radius 3 is 2.80 bits per heavy atom. The van der Waals surface area contributed by atoms with E-state index in [1.54, 1.807) is 4.90 Å². The monoisotopic (exact) mass is 219 g/mol. The number of halogens is 2. The highest BCUT2D eigenvalue weighted by Gasteiger charge is 2.50. The first-order valence-corrected chi connectivity index (χ1v) is 5.31. The first-order valence-electron chi connectivity index (χ1n) is 5.31. The zero-order valence-corrected chi connectivity index (χ0v) is 8.46. The zero-order chi connectivity index (χ0) is 11.1. The zero-order valence-electron chi connectivity index (χ0n) is 8.46. The average Bonchev–Trinajstić information content (AvgIpc) is 2.46. The summed E-state index contributed by atoms with van der Waals surface area (Å²) < 4.78 is 27.0. The van der Waals surface area contributed by atoms with E-state index < -0.39 is 17.8 Å². The fraction of sp³-hybridized carbons (Fsp3) is 0.900. The van der Waals surface area contributed by atoms with Crippen molar-refractivity contribution in [3.63, 3.8) is 0 Å². The predicted molar refractivity (Wildman–Crippen MR) is 49.9 cm³/mol. The first-order chi connectivity index (χ1) is 6.99. The van der Waals surface area contributed by atoms with Gasteiger partial charge in [-0.3, -0.25) is 9.69 Å². The molecule has 1 aliphatic heterocycles. The molecule has 0 amide bonds. The van der Waals surface area contributed by atoms with E-state index in [2.05, 4.69) is 0 Å². The second-order valence-electron chi connectivity index (χ2n) is 4.61. The minimum absolute atomic E-state index is 0.00639. The van der Waals surface area contributed by atoms with Crippen LogP contribution in [0.4, 0.5) is 8.78 Å². The Balaban J connectivity index is 2.01. The molecule has 1 heterocycles. The lowest BCUT2D eigenvalue weighted by atomic mass is 9.79. The Bertz CT molecular complexity index is 270. The summed E-state index contributed by atoms with van der Waals surface area (Å²) in [5.74, 6) is -4.15. The molecule has 2 unspecified atom stereocenters. The molecule has 0 radical (unpaired) electrons. The third-order valence-electron chi connectivity index (χ3n) is 3.50. The number of hydrogen-bond donors (Lipinski definition) is 1. The molecule has 15 heavy (non-hydrogen) atoms. The molecule has 0 bridgehead atoms. The molecule has 5 heteroatoms. The summed E-state index contributed by atoms with van der Waals surface area (Å²) >= 11 is 0. The molecule has 0 spiro atoms. The molecule has 1 N–H and O–H groups in total. The van der Waals surface area contributed by atoms with Crippen LogP contribution in [-0.2, 0) is 4.79 Å². The Hall–Kier alpha value is -0.710. The van der Waals surface area contributed by atoms with Crippen LogP contribution in [0, 0.1) is 11.8 Å². The predicted octanol–water partition coefficient (Wildman–Crippen LogP) is 1.44. The van der Waals surface area contributed by atoms with E-state index in [1.165, 1.54) is 0 Å². The molecule has 0 aromatic heterocycles. The highest BCUT2D eigenvalue weighted by Crippen LogP contribution is 2.45. The van der Waals surface area contributed by atoms with Crippen LogP contribution in [0.25, 0.3) is 0 Å². The van der Waals surface area contributed by atoms with Crippen LogP contribution in [0.3, 0.4) is 0 Å². The van der Waals surface area contributed by atoms with E-state index in [0.29, 0.717) is 13.0 Å². The van der Waals surface area contributed by atoms with Crippen molar-refractivity contribution >= 4 is 5.97 Å². The summed E-state index contributed by atoms with van der Waals surface area (Å²) in [7, 11) is 0. The van der Waals surface area contributed by atoms with Crippen molar-refractivity contribution in [2.75, 3.05) is 19.6 Å². The third kappa shape index (κ3) is 2.12. The molecule has 2 atom stereocenters. The summed E-state index contributed by atoms with van der Waals surface area (Å²) in [6.45, 7) is 0.652. The highest BCUT2D eigenvalue weighted by atomic mass is 19.3. The molecule has 3 nitrogen and oxygen atoms in total. The van der Waals surface area contributed by atoms with E-state index >= 15 is 0 Å². The fourth-order valence-corrected chi connectivity index (χ4v) is 2.84. The Kier molecular flexibility index (Phi) is 2.66. The largest absolute Gasteiger partial charge is 0.480 e. The third-order valence-corrected chi connectivity index (χ3v) is 3.50. The van der Waals surface area contributed by atoms with Crippen molar-refractivity contribution < 1.29 is 18.7 Å². The molecule has 0 aromatic carbocycles. The van der Waals surface area contributed by atoms with Crippen molar-refractivity contribution in [1.29, 1.82) is 0 Å². The van der Waals surface area contributed by atoms with Crippen LogP contribution in [-0.4, -0.2) is 41.5 Å². The van der Waals surface area contributed by atoms with E-state index in [0.717, 1.165) is 6.42 Å². The number of rotatable bonds is 2.